The molecule has 2 aliphatic rings. The molecule has 0 aliphatic heterocycles. The summed E-state index contributed by atoms with van der Waals surface area (Å²) in [6.07, 6.45) is 4.96. The van der Waals surface area contributed by atoms with Crippen molar-refractivity contribution in [2.24, 2.45) is 11.8 Å². The van der Waals surface area contributed by atoms with Gasteiger partial charge in [-0.2, -0.15) is 5.26 Å². The van der Waals surface area contributed by atoms with Crippen LogP contribution in [0.2, 0.25) is 0 Å². The summed E-state index contributed by atoms with van der Waals surface area (Å²) >= 11 is 0. The van der Waals surface area contributed by atoms with Crippen molar-refractivity contribution < 1.29 is 4.79 Å². The summed E-state index contributed by atoms with van der Waals surface area (Å²) in [5, 5.41) is 12.2. The highest BCUT2D eigenvalue weighted by Gasteiger charge is 2.39. The van der Waals surface area contributed by atoms with Crippen LogP contribution in [-0.2, 0) is 24.1 Å². The number of amides is 1. The topological polar surface area (TPSA) is 52.9 Å². The fourth-order valence-corrected chi connectivity index (χ4v) is 4.51. The number of rotatable bonds is 3. The minimum atomic E-state index is 0.0950. The van der Waals surface area contributed by atoms with Crippen LogP contribution in [0.4, 0.5) is 0 Å². The monoisotopic (exact) mass is 330 g/mol. The molecule has 0 radical (unpaired) electrons. The lowest BCUT2D eigenvalue weighted by Gasteiger charge is -2.23. The molecule has 1 amide bonds. The lowest BCUT2D eigenvalue weighted by Crippen LogP contribution is -2.42. The van der Waals surface area contributed by atoms with Crippen LogP contribution in [0.1, 0.15) is 35.1 Å². The molecule has 2 aliphatic carbocycles. The molecular weight excluding hydrogens is 308 g/mol. The van der Waals surface area contributed by atoms with Gasteiger partial charge in [-0.3, -0.25) is 4.79 Å². The molecule has 0 heterocycles. The van der Waals surface area contributed by atoms with Gasteiger partial charge in [0.25, 0.3) is 0 Å². The second-order valence-electron chi connectivity index (χ2n) is 7.35. The molecule has 0 saturated heterocycles. The van der Waals surface area contributed by atoms with Crippen LogP contribution >= 0.6 is 0 Å². The molecule has 1 saturated carbocycles. The number of nitrogens with zero attached hydrogens (tertiary/aromatic N) is 1. The normalized spacial score (nSPS) is 24.0. The third kappa shape index (κ3) is 3.30. The lowest BCUT2D eigenvalue weighted by atomic mass is 9.94. The smallest absolute Gasteiger partial charge is 0.224 e. The Morgan fingerprint density at radius 2 is 1.60 bits per heavy atom. The van der Waals surface area contributed by atoms with Crippen LogP contribution in [0.5, 0.6) is 0 Å². The molecule has 0 aromatic heterocycles. The standard InChI is InChI=1S/C22H22N2O/c23-14-16-7-5-15(6-8-16)11-21(25)24-22-19-9-10-20(22)13-18-4-2-1-3-17(18)12-19/h1-8,19-20,22H,9-13H2,(H,24,25). The van der Waals surface area contributed by atoms with E-state index in [-0.39, 0.29) is 5.91 Å². The van der Waals surface area contributed by atoms with E-state index in [4.69, 9.17) is 5.26 Å². The van der Waals surface area contributed by atoms with Crippen LogP contribution in [0.3, 0.4) is 0 Å². The molecule has 0 spiro atoms. The highest BCUT2D eigenvalue weighted by molar-refractivity contribution is 5.79. The first-order chi connectivity index (χ1) is 12.2. The van der Waals surface area contributed by atoms with Gasteiger partial charge in [0.1, 0.15) is 0 Å². The summed E-state index contributed by atoms with van der Waals surface area (Å²) in [5.74, 6) is 1.20. The van der Waals surface area contributed by atoms with E-state index in [1.165, 1.54) is 24.0 Å². The van der Waals surface area contributed by atoms with Crippen molar-refractivity contribution in [3.8, 4) is 6.07 Å². The number of carbonyl (C=O) groups excluding carboxylic acids is 1. The van der Waals surface area contributed by atoms with Crippen molar-refractivity contribution in [2.75, 3.05) is 0 Å². The van der Waals surface area contributed by atoms with Gasteiger partial charge in [-0.1, -0.05) is 36.4 Å². The van der Waals surface area contributed by atoms with Crippen LogP contribution in [0.25, 0.3) is 0 Å². The summed E-state index contributed by atoms with van der Waals surface area (Å²) in [6.45, 7) is 0. The van der Waals surface area contributed by atoms with Crippen molar-refractivity contribution in [3.63, 3.8) is 0 Å². The Hall–Kier alpha value is -2.60. The number of nitrogens with one attached hydrogen (secondary N) is 1. The van der Waals surface area contributed by atoms with Gasteiger partial charge >= 0.3 is 0 Å². The molecule has 3 nitrogen and oxygen atoms in total. The molecule has 2 aromatic carbocycles. The first kappa shape index (κ1) is 15.9. The molecule has 126 valence electrons. The van der Waals surface area contributed by atoms with E-state index in [0.717, 1.165) is 18.4 Å². The molecule has 2 atom stereocenters. The van der Waals surface area contributed by atoms with Crippen molar-refractivity contribution in [2.45, 2.75) is 38.1 Å². The Labute approximate surface area is 148 Å². The highest BCUT2D eigenvalue weighted by atomic mass is 16.1. The third-order valence-electron chi connectivity index (χ3n) is 5.78. The number of nitriles is 1. The van der Waals surface area contributed by atoms with Gasteiger partial charge < -0.3 is 5.32 Å². The van der Waals surface area contributed by atoms with Gasteiger partial charge in [0.15, 0.2) is 0 Å². The Kier molecular flexibility index (Phi) is 4.28. The summed E-state index contributed by atoms with van der Waals surface area (Å²) in [5.41, 5.74) is 4.51. The van der Waals surface area contributed by atoms with Crippen LogP contribution < -0.4 is 5.32 Å². The van der Waals surface area contributed by atoms with E-state index < -0.39 is 0 Å². The maximum Gasteiger partial charge on any atom is 0.224 e. The molecule has 2 bridgehead atoms. The van der Waals surface area contributed by atoms with E-state index in [2.05, 4.69) is 35.7 Å². The zero-order chi connectivity index (χ0) is 17.2. The van der Waals surface area contributed by atoms with Gasteiger partial charge in [0.2, 0.25) is 5.91 Å². The second-order valence-corrected chi connectivity index (χ2v) is 7.35. The van der Waals surface area contributed by atoms with Gasteiger partial charge in [-0.25, -0.2) is 0 Å². The number of hydrogen-bond donors (Lipinski definition) is 1. The van der Waals surface area contributed by atoms with Gasteiger partial charge in [0, 0.05) is 6.04 Å². The van der Waals surface area contributed by atoms with Crippen molar-refractivity contribution >= 4 is 5.91 Å². The summed E-state index contributed by atoms with van der Waals surface area (Å²) in [7, 11) is 0. The Balaban J connectivity index is 1.44. The number of carbonyl (C=O) groups is 1. The molecule has 1 N–H and O–H groups in total. The number of fused-ring (bicyclic) bond motifs is 3. The largest absolute Gasteiger partial charge is 0.353 e. The third-order valence-corrected chi connectivity index (χ3v) is 5.78. The van der Waals surface area contributed by atoms with Crippen molar-refractivity contribution in [1.82, 2.24) is 5.32 Å². The first-order valence-electron chi connectivity index (χ1n) is 9.08. The van der Waals surface area contributed by atoms with Crippen LogP contribution in [0, 0.1) is 23.2 Å². The average molecular weight is 330 g/mol. The predicted octanol–water partition coefficient (Wildman–Crippen LogP) is 3.41. The number of hydrogen-bond acceptors (Lipinski definition) is 2. The minimum Gasteiger partial charge on any atom is -0.353 e. The van der Waals surface area contributed by atoms with E-state index >= 15 is 0 Å². The van der Waals surface area contributed by atoms with Gasteiger partial charge in [-0.15, -0.1) is 0 Å². The van der Waals surface area contributed by atoms with Crippen molar-refractivity contribution in [3.05, 3.63) is 70.8 Å². The summed E-state index contributed by atoms with van der Waals surface area (Å²) in [4.78, 5) is 12.6. The summed E-state index contributed by atoms with van der Waals surface area (Å²) in [6, 6.07) is 18.4. The molecule has 3 heteroatoms. The molecular formula is C22H22N2O. The molecule has 2 unspecified atom stereocenters. The minimum absolute atomic E-state index is 0.0950. The highest BCUT2D eigenvalue weighted by Crippen LogP contribution is 2.40. The second kappa shape index (κ2) is 6.72. The van der Waals surface area contributed by atoms with Gasteiger partial charge in [-0.05, 0) is 66.3 Å². The summed E-state index contributed by atoms with van der Waals surface area (Å²) < 4.78 is 0. The van der Waals surface area contributed by atoms with Crippen LogP contribution in [0.15, 0.2) is 48.5 Å². The maximum atomic E-state index is 12.6. The molecule has 1 fully saturated rings. The van der Waals surface area contributed by atoms with E-state index in [9.17, 15) is 4.79 Å². The molecule has 25 heavy (non-hydrogen) atoms. The van der Waals surface area contributed by atoms with Crippen molar-refractivity contribution in [1.29, 1.82) is 5.26 Å². The van der Waals surface area contributed by atoms with E-state index in [1.807, 2.05) is 12.1 Å². The fraction of sp³-hybridized carbons (Fsp3) is 0.364. The Morgan fingerprint density at radius 1 is 1.00 bits per heavy atom. The van der Waals surface area contributed by atoms with E-state index in [0.29, 0.717) is 29.9 Å². The molecule has 2 aromatic rings. The number of benzene rings is 2. The van der Waals surface area contributed by atoms with E-state index in [1.54, 1.807) is 12.1 Å². The SMILES string of the molecule is N#Cc1ccc(CC(=O)NC2C3CCC2Cc2ccccc2C3)cc1. The van der Waals surface area contributed by atoms with Gasteiger partial charge in [0.05, 0.1) is 18.1 Å². The molecule has 4 rings (SSSR count). The maximum absolute atomic E-state index is 12.6. The quantitative estimate of drug-likeness (QED) is 0.937. The van der Waals surface area contributed by atoms with Crippen LogP contribution in [-0.4, -0.2) is 11.9 Å². The predicted molar refractivity (Wildman–Crippen MR) is 96.9 cm³/mol. The Bertz CT molecular complexity index is 786. The zero-order valence-electron chi connectivity index (χ0n) is 14.2. The zero-order valence-corrected chi connectivity index (χ0v) is 14.2. The Morgan fingerprint density at radius 3 is 2.16 bits per heavy atom. The first-order valence-corrected chi connectivity index (χ1v) is 9.08. The fourth-order valence-electron chi connectivity index (χ4n) is 4.51. The lowest BCUT2D eigenvalue weighted by molar-refractivity contribution is -0.121. The average Bonchev–Trinajstić information content (AvgIpc) is 2.89.